The Kier molecular flexibility index (Phi) is 4.33. The van der Waals surface area contributed by atoms with Crippen molar-refractivity contribution in [2.24, 2.45) is 0 Å². The van der Waals surface area contributed by atoms with Gasteiger partial charge in [0.2, 0.25) is 0 Å². The van der Waals surface area contributed by atoms with Crippen LogP contribution in [0.15, 0.2) is 12.5 Å². The number of hydrogen-bond donors (Lipinski definition) is 3. The summed E-state index contributed by atoms with van der Waals surface area (Å²) < 4.78 is 0. The number of aromatic nitrogens is 2. The normalized spacial score (nSPS) is 14.2. The van der Waals surface area contributed by atoms with E-state index in [0.29, 0.717) is 11.3 Å². The van der Waals surface area contributed by atoms with Crippen molar-refractivity contribution < 1.29 is 15.0 Å². The van der Waals surface area contributed by atoms with Crippen LogP contribution in [0.5, 0.6) is 0 Å². The summed E-state index contributed by atoms with van der Waals surface area (Å²) in [6.07, 6.45) is 1.93. The van der Waals surface area contributed by atoms with Gasteiger partial charge in [-0.3, -0.25) is 4.79 Å². The minimum Gasteiger partial charge on any atom is -0.394 e. The van der Waals surface area contributed by atoms with Gasteiger partial charge in [0.1, 0.15) is 6.33 Å². The van der Waals surface area contributed by atoms with Crippen molar-refractivity contribution in [3.63, 3.8) is 0 Å². The van der Waals surface area contributed by atoms with Crippen molar-refractivity contribution in [1.29, 1.82) is 0 Å². The number of aliphatic hydroxyl groups excluding tert-OH is 2. The van der Waals surface area contributed by atoms with Gasteiger partial charge in [-0.1, -0.05) is 0 Å². The number of nitrogens with zero attached hydrogens (tertiary/aromatic N) is 2. The third-order valence-electron chi connectivity index (χ3n) is 2.25. The molecule has 0 saturated heterocycles. The molecule has 1 rings (SSSR count). The van der Waals surface area contributed by atoms with E-state index in [1.165, 1.54) is 19.4 Å². The molecule has 0 aliphatic heterocycles. The molecule has 6 heteroatoms. The molecule has 0 spiro atoms. The van der Waals surface area contributed by atoms with E-state index < -0.39 is 18.1 Å². The molecule has 3 N–H and O–H groups in total. The van der Waals surface area contributed by atoms with Gasteiger partial charge in [0.15, 0.2) is 0 Å². The van der Waals surface area contributed by atoms with Gasteiger partial charge in [0, 0.05) is 6.20 Å². The highest BCUT2D eigenvalue weighted by Gasteiger charge is 2.18. The van der Waals surface area contributed by atoms with E-state index in [1.807, 2.05) is 0 Å². The molecule has 6 nitrogen and oxygen atoms in total. The zero-order valence-electron chi connectivity index (χ0n) is 9.21. The lowest BCUT2D eigenvalue weighted by atomic mass is 10.1. The predicted octanol–water partition coefficient (Wildman–Crippen LogP) is -0.743. The average Bonchev–Trinajstić information content (AvgIpc) is 2.25. The smallest absolute Gasteiger partial charge is 0.255 e. The predicted molar refractivity (Wildman–Crippen MR) is 56.8 cm³/mol. The maximum absolute atomic E-state index is 11.7. The van der Waals surface area contributed by atoms with Gasteiger partial charge in [-0.05, 0) is 13.8 Å². The standard InChI is InChI=1S/C10H15N3O3/c1-6-8(3-11-5-12-6)10(16)13-9(4-14)7(2)15/h3,5,7,9,14-15H,4H2,1-2H3,(H,13,16)/t7-,9-/m1/s1. The molecule has 0 saturated carbocycles. The molecule has 0 fully saturated rings. The van der Waals surface area contributed by atoms with Gasteiger partial charge >= 0.3 is 0 Å². The van der Waals surface area contributed by atoms with Gasteiger partial charge in [0.05, 0.1) is 30.0 Å². The Labute approximate surface area is 93.4 Å². The summed E-state index contributed by atoms with van der Waals surface area (Å²) in [5.41, 5.74) is 0.886. The maximum Gasteiger partial charge on any atom is 0.255 e. The van der Waals surface area contributed by atoms with Crippen molar-refractivity contribution in [1.82, 2.24) is 15.3 Å². The van der Waals surface area contributed by atoms with Crippen LogP contribution in [-0.4, -0.2) is 44.8 Å². The molecule has 1 heterocycles. The fourth-order valence-electron chi connectivity index (χ4n) is 1.18. The van der Waals surface area contributed by atoms with Crippen molar-refractivity contribution in [2.75, 3.05) is 6.61 Å². The summed E-state index contributed by atoms with van der Waals surface area (Å²) >= 11 is 0. The number of hydrogen-bond acceptors (Lipinski definition) is 5. The summed E-state index contributed by atoms with van der Waals surface area (Å²) in [5, 5.41) is 20.7. The lowest BCUT2D eigenvalue weighted by Gasteiger charge is -2.19. The van der Waals surface area contributed by atoms with E-state index in [-0.39, 0.29) is 6.61 Å². The van der Waals surface area contributed by atoms with Gasteiger partial charge < -0.3 is 15.5 Å². The first kappa shape index (κ1) is 12.5. The Bertz CT molecular complexity index is 368. The van der Waals surface area contributed by atoms with Gasteiger partial charge in [-0.15, -0.1) is 0 Å². The molecule has 0 radical (unpaired) electrons. The molecule has 0 aromatic carbocycles. The van der Waals surface area contributed by atoms with Crippen molar-refractivity contribution in [3.8, 4) is 0 Å². The molecule has 1 aromatic rings. The second-order valence-electron chi connectivity index (χ2n) is 3.52. The molecule has 1 aromatic heterocycles. The highest BCUT2D eigenvalue weighted by atomic mass is 16.3. The van der Waals surface area contributed by atoms with Gasteiger partial charge in [0.25, 0.3) is 5.91 Å². The number of nitrogens with one attached hydrogen (secondary N) is 1. The second kappa shape index (κ2) is 5.53. The number of carbonyl (C=O) groups is 1. The third-order valence-corrected chi connectivity index (χ3v) is 2.25. The number of aliphatic hydroxyl groups is 2. The Morgan fingerprint density at radius 1 is 1.62 bits per heavy atom. The van der Waals surface area contributed by atoms with Crippen molar-refractivity contribution in [2.45, 2.75) is 26.0 Å². The Balaban J connectivity index is 2.76. The van der Waals surface area contributed by atoms with E-state index >= 15 is 0 Å². The minimum atomic E-state index is -0.820. The topological polar surface area (TPSA) is 95.3 Å². The average molecular weight is 225 g/mol. The van der Waals surface area contributed by atoms with E-state index in [0.717, 1.165) is 0 Å². The lowest BCUT2D eigenvalue weighted by Crippen LogP contribution is -2.44. The molecule has 0 unspecified atom stereocenters. The second-order valence-corrected chi connectivity index (χ2v) is 3.52. The minimum absolute atomic E-state index is 0.323. The summed E-state index contributed by atoms with van der Waals surface area (Å²) in [6.45, 7) is 2.86. The molecule has 1 amide bonds. The van der Waals surface area contributed by atoms with Crippen LogP contribution < -0.4 is 5.32 Å². The van der Waals surface area contributed by atoms with Gasteiger partial charge in [-0.2, -0.15) is 0 Å². The number of aryl methyl sites for hydroxylation is 1. The van der Waals surface area contributed by atoms with E-state index in [2.05, 4.69) is 15.3 Å². The van der Waals surface area contributed by atoms with Crippen molar-refractivity contribution >= 4 is 5.91 Å². The number of carbonyl (C=O) groups excluding carboxylic acids is 1. The highest BCUT2D eigenvalue weighted by molar-refractivity contribution is 5.95. The Hall–Kier alpha value is -1.53. The van der Waals surface area contributed by atoms with Crippen LogP contribution in [0, 0.1) is 6.92 Å². The van der Waals surface area contributed by atoms with Crippen LogP contribution in [-0.2, 0) is 0 Å². The molecular formula is C10H15N3O3. The first-order chi connectivity index (χ1) is 7.56. The van der Waals surface area contributed by atoms with E-state index in [9.17, 15) is 9.90 Å². The van der Waals surface area contributed by atoms with E-state index in [1.54, 1.807) is 6.92 Å². The lowest BCUT2D eigenvalue weighted by molar-refractivity contribution is 0.0757. The van der Waals surface area contributed by atoms with Crippen LogP contribution in [0.4, 0.5) is 0 Å². The fourth-order valence-corrected chi connectivity index (χ4v) is 1.18. The zero-order chi connectivity index (χ0) is 12.1. The highest BCUT2D eigenvalue weighted by Crippen LogP contribution is 2.02. The van der Waals surface area contributed by atoms with Crippen LogP contribution >= 0.6 is 0 Å². The monoisotopic (exact) mass is 225 g/mol. The van der Waals surface area contributed by atoms with E-state index in [4.69, 9.17) is 5.11 Å². The maximum atomic E-state index is 11.7. The first-order valence-corrected chi connectivity index (χ1v) is 4.92. The zero-order valence-corrected chi connectivity index (χ0v) is 9.21. The SMILES string of the molecule is Cc1ncncc1C(=O)N[C@H](CO)[C@@H](C)O. The Morgan fingerprint density at radius 3 is 2.81 bits per heavy atom. The van der Waals surface area contributed by atoms with Crippen LogP contribution in [0.1, 0.15) is 23.0 Å². The molecular weight excluding hydrogens is 210 g/mol. The van der Waals surface area contributed by atoms with Crippen molar-refractivity contribution in [3.05, 3.63) is 23.8 Å². The molecule has 16 heavy (non-hydrogen) atoms. The summed E-state index contributed by atoms with van der Waals surface area (Å²) in [5.74, 6) is -0.405. The number of rotatable bonds is 4. The molecule has 2 atom stereocenters. The summed E-state index contributed by atoms with van der Waals surface area (Å²) in [6, 6.07) is -0.688. The third kappa shape index (κ3) is 2.98. The first-order valence-electron chi connectivity index (χ1n) is 4.92. The quantitative estimate of drug-likeness (QED) is 0.627. The molecule has 0 aliphatic rings. The van der Waals surface area contributed by atoms with Crippen LogP contribution in [0.2, 0.25) is 0 Å². The largest absolute Gasteiger partial charge is 0.394 e. The number of amides is 1. The fraction of sp³-hybridized carbons (Fsp3) is 0.500. The summed E-state index contributed by atoms with van der Waals surface area (Å²) in [7, 11) is 0. The molecule has 88 valence electrons. The van der Waals surface area contributed by atoms with Crippen LogP contribution in [0.25, 0.3) is 0 Å². The van der Waals surface area contributed by atoms with Gasteiger partial charge in [-0.25, -0.2) is 9.97 Å². The molecule has 0 bridgehead atoms. The van der Waals surface area contributed by atoms with Crippen LogP contribution in [0.3, 0.4) is 0 Å². The summed E-state index contributed by atoms with van der Waals surface area (Å²) in [4.78, 5) is 19.4. The Morgan fingerprint density at radius 2 is 2.31 bits per heavy atom. The molecule has 0 aliphatic carbocycles.